The third-order valence-corrected chi connectivity index (χ3v) is 6.97. The van der Waals surface area contributed by atoms with Crippen LogP contribution in [0.3, 0.4) is 0 Å². The van der Waals surface area contributed by atoms with Crippen LogP contribution < -0.4 is 10.8 Å². The van der Waals surface area contributed by atoms with Crippen molar-refractivity contribution in [2.75, 3.05) is 19.6 Å². The van der Waals surface area contributed by atoms with Gasteiger partial charge in [0.25, 0.3) is 0 Å². The fourth-order valence-corrected chi connectivity index (χ4v) is 5.50. The highest BCUT2D eigenvalue weighted by Crippen LogP contribution is 2.66. The lowest BCUT2D eigenvalue weighted by molar-refractivity contribution is -0.171. The van der Waals surface area contributed by atoms with E-state index < -0.39 is 31.5 Å². The molecule has 1 aliphatic carbocycles. The van der Waals surface area contributed by atoms with E-state index in [1.165, 1.54) is 4.90 Å². The molecular formula is C18H20BF3N4O3. The predicted molar refractivity (Wildman–Crippen MR) is 98.3 cm³/mol. The zero-order chi connectivity index (χ0) is 20.6. The Morgan fingerprint density at radius 3 is 3.07 bits per heavy atom. The number of alkyl halides is 3. The van der Waals surface area contributed by atoms with E-state index in [2.05, 4.69) is 9.97 Å². The van der Waals surface area contributed by atoms with Crippen LogP contribution in [0, 0.1) is 11.3 Å². The summed E-state index contributed by atoms with van der Waals surface area (Å²) in [6, 6.07) is 1.21. The van der Waals surface area contributed by atoms with Gasteiger partial charge in [-0.05, 0) is 35.8 Å². The van der Waals surface area contributed by atoms with Gasteiger partial charge in [-0.25, -0.2) is 9.78 Å². The highest BCUT2D eigenvalue weighted by Gasteiger charge is 2.68. The van der Waals surface area contributed by atoms with Crippen LogP contribution >= 0.6 is 0 Å². The normalized spacial score (nSPS) is 31.0. The van der Waals surface area contributed by atoms with E-state index in [1.54, 1.807) is 12.4 Å². The molecule has 0 radical (unpaired) electrons. The zero-order valence-electron chi connectivity index (χ0n) is 15.7. The molecule has 3 aliphatic rings. The molecule has 11 heteroatoms. The second-order valence-corrected chi connectivity index (χ2v) is 8.39. The number of hydrogen-bond donors (Lipinski definition) is 3. The second kappa shape index (κ2) is 5.88. The molecule has 3 N–H and O–H groups in total. The Labute approximate surface area is 164 Å². The summed E-state index contributed by atoms with van der Waals surface area (Å²) in [7, 11) is -1.07. The molecule has 3 unspecified atom stereocenters. The summed E-state index contributed by atoms with van der Waals surface area (Å²) in [5, 5.41) is 13.3. The number of nitrogens with zero attached hydrogens (tertiary/aromatic N) is 2. The number of urea groups is 1. The minimum Gasteiger partial charge on any atom is -0.423 e. The predicted octanol–water partition coefficient (Wildman–Crippen LogP) is 1.48. The van der Waals surface area contributed by atoms with Crippen molar-refractivity contribution < 1.29 is 27.6 Å². The lowest BCUT2D eigenvalue weighted by Gasteiger charge is -2.59. The van der Waals surface area contributed by atoms with Crippen molar-refractivity contribution in [1.29, 1.82) is 0 Å². The smallest absolute Gasteiger partial charge is 0.423 e. The molecule has 2 fully saturated rings. The molecule has 2 amide bonds. The van der Waals surface area contributed by atoms with Gasteiger partial charge in [0, 0.05) is 36.3 Å². The molecular weight excluding hydrogens is 388 g/mol. The SMILES string of the molecule is CC1C2(CCN(C(=O)NCC(F)(F)F)C2)CC12OB(O)c1cnc3[nH]ccc3c12. The molecule has 29 heavy (non-hydrogen) atoms. The number of amides is 2. The number of aromatic nitrogens is 2. The second-order valence-electron chi connectivity index (χ2n) is 8.39. The molecule has 2 spiro atoms. The average molecular weight is 408 g/mol. The Morgan fingerprint density at radius 2 is 2.34 bits per heavy atom. The van der Waals surface area contributed by atoms with E-state index in [4.69, 9.17) is 4.65 Å². The number of pyridine rings is 1. The first kappa shape index (κ1) is 18.7. The fourth-order valence-electron chi connectivity index (χ4n) is 5.50. The molecule has 2 aliphatic heterocycles. The van der Waals surface area contributed by atoms with Crippen LogP contribution in [0.4, 0.5) is 18.0 Å². The minimum atomic E-state index is -4.44. The number of hydrogen-bond acceptors (Lipinski definition) is 4. The third kappa shape index (κ3) is 2.60. The number of H-pyrrole nitrogens is 1. The molecule has 7 nitrogen and oxygen atoms in total. The van der Waals surface area contributed by atoms with E-state index in [-0.39, 0.29) is 11.3 Å². The van der Waals surface area contributed by atoms with Crippen molar-refractivity contribution in [3.05, 3.63) is 24.0 Å². The Bertz CT molecular complexity index is 998. The van der Waals surface area contributed by atoms with Gasteiger partial charge in [0.15, 0.2) is 0 Å². The van der Waals surface area contributed by atoms with Crippen molar-refractivity contribution in [3.8, 4) is 0 Å². The Hall–Kier alpha value is -2.27. The maximum atomic E-state index is 12.4. The van der Waals surface area contributed by atoms with Crippen molar-refractivity contribution in [3.63, 3.8) is 0 Å². The lowest BCUT2D eigenvalue weighted by atomic mass is 9.49. The molecule has 0 aromatic carbocycles. The van der Waals surface area contributed by atoms with E-state index in [0.29, 0.717) is 37.0 Å². The van der Waals surface area contributed by atoms with Gasteiger partial charge in [0.05, 0.1) is 5.60 Å². The Morgan fingerprint density at radius 1 is 1.55 bits per heavy atom. The summed E-state index contributed by atoms with van der Waals surface area (Å²) in [6.45, 7) is 1.46. The number of carbonyl (C=O) groups excluding carboxylic acids is 1. The molecule has 1 saturated carbocycles. The van der Waals surface area contributed by atoms with Crippen LogP contribution in [0.15, 0.2) is 18.5 Å². The van der Waals surface area contributed by atoms with Crippen molar-refractivity contribution in [2.45, 2.75) is 31.5 Å². The number of fused-ring (bicyclic) bond motifs is 4. The summed E-state index contributed by atoms with van der Waals surface area (Å²) in [5.41, 5.74) is 1.36. The van der Waals surface area contributed by atoms with E-state index in [9.17, 15) is 23.0 Å². The van der Waals surface area contributed by atoms with E-state index in [1.807, 2.05) is 18.3 Å². The number of likely N-dealkylation sites (tertiary alicyclic amines) is 1. The number of halogens is 3. The first-order valence-corrected chi connectivity index (χ1v) is 9.57. The highest BCUT2D eigenvalue weighted by atomic mass is 19.4. The van der Waals surface area contributed by atoms with E-state index >= 15 is 0 Å². The van der Waals surface area contributed by atoms with E-state index in [0.717, 1.165) is 10.9 Å². The van der Waals surface area contributed by atoms with Gasteiger partial charge in [0.2, 0.25) is 0 Å². The van der Waals surface area contributed by atoms with Crippen LogP contribution in [-0.2, 0) is 10.3 Å². The molecule has 5 rings (SSSR count). The maximum Gasteiger partial charge on any atom is 0.493 e. The largest absolute Gasteiger partial charge is 0.493 e. The van der Waals surface area contributed by atoms with Crippen LogP contribution in [0.25, 0.3) is 11.0 Å². The van der Waals surface area contributed by atoms with Crippen molar-refractivity contribution in [2.24, 2.45) is 11.3 Å². The standard InChI is InChI=1S/C18H20BF3N4O3/c1-10-16(3-5-26(9-16)15(27)25-8-18(20,21)22)7-17(10)13-11-2-4-23-14(11)24-6-12(13)19(28)29-17/h2,4,6,10,28H,3,5,7-9H2,1H3,(H,23,24)(H,25,27). The Balaban J connectivity index is 1.38. The Kier molecular flexibility index (Phi) is 3.80. The number of rotatable bonds is 1. The van der Waals surface area contributed by atoms with Gasteiger partial charge in [-0.3, -0.25) is 0 Å². The van der Waals surface area contributed by atoms with Crippen LogP contribution in [0.5, 0.6) is 0 Å². The number of carbonyl (C=O) groups is 1. The van der Waals surface area contributed by atoms with Crippen LogP contribution in [0.2, 0.25) is 0 Å². The quantitative estimate of drug-likeness (QED) is 0.624. The van der Waals surface area contributed by atoms with Gasteiger partial charge in [-0.1, -0.05) is 6.92 Å². The highest BCUT2D eigenvalue weighted by molar-refractivity contribution is 6.62. The van der Waals surface area contributed by atoms with Gasteiger partial charge in [0.1, 0.15) is 12.2 Å². The third-order valence-electron chi connectivity index (χ3n) is 6.97. The van der Waals surface area contributed by atoms with Gasteiger partial charge >= 0.3 is 19.3 Å². The van der Waals surface area contributed by atoms with Gasteiger partial charge in [-0.2, -0.15) is 13.2 Å². The summed E-state index contributed by atoms with van der Waals surface area (Å²) >= 11 is 0. The average Bonchev–Trinajstić information content (AvgIpc) is 3.37. The minimum absolute atomic E-state index is 0.0215. The molecule has 1 saturated heterocycles. The molecule has 154 valence electrons. The number of aromatic amines is 1. The summed E-state index contributed by atoms with van der Waals surface area (Å²) < 4.78 is 43.2. The van der Waals surface area contributed by atoms with Gasteiger partial charge < -0.3 is 24.9 Å². The molecule has 2 aromatic heterocycles. The van der Waals surface area contributed by atoms with Crippen LogP contribution in [0.1, 0.15) is 25.3 Å². The molecule has 4 heterocycles. The first-order valence-electron chi connectivity index (χ1n) is 9.57. The van der Waals surface area contributed by atoms with Crippen LogP contribution in [-0.4, -0.2) is 58.9 Å². The topological polar surface area (TPSA) is 90.5 Å². The first-order chi connectivity index (χ1) is 13.7. The van der Waals surface area contributed by atoms with Gasteiger partial charge in [-0.15, -0.1) is 0 Å². The zero-order valence-corrected chi connectivity index (χ0v) is 15.7. The fraction of sp³-hybridized carbons (Fsp3) is 0.556. The molecule has 2 aromatic rings. The maximum absolute atomic E-state index is 12.4. The summed E-state index contributed by atoms with van der Waals surface area (Å²) in [4.78, 5) is 21.0. The summed E-state index contributed by atoms with van der Waals surface area (Å²) in [6.07, 6.45) is 0.257. The van der Waals surface area contributed by atoms with Crippen molar-refractivity contribution >= 4 is 29.6 Å². The monoisotopic (exact) mass is 408 g/mol. The lowest BCUT2D eigenvalue weighted by Crippen LogP contribution is -2.60. The number of nitrogens with one attached hydrogen (secondary N) is 2. The molecule has 3 atom stereocenters. The molecule has 0 bridgehead atoms. The summed E-state index contributed by atoms with van der Waals surface area (Å²) in [5.74, 6) is -0.0215. The van der Waals surface area contributed by atoms with Crippen molar-refractivity contribution in [1.82, 2.24) is 20.2 Å².